The first-order valence-corrected chi connectivity index (χ1v) is 21.0. The van der Waals surface area contributed by atoms with E-state index in [4.69, 9.17) is 36.2 Å². The molecule has 0 bridgehead atoms. The number of alkyl halides is 3. The summed E-state index contributed by atoms with van der Waals surface area (Å²) in [6, 6.07) is 32.4. The van der Waals surface area contributed by atoms with Gasteiger partial charge in [0.25, 0.3) is 0 Å². The van der Waals surface area contributed by atoms with Crippen LogP contribution in [0.3, 0.4) is 0 Å². The summed E-state index contributed by atoms with van der Waals surface area (Å²) in [6.45, 7) is 4.27. The lowest BCUT2D eigenvalue weighted by molar-refractivity contribution is -0.142. The van der Waals surface area contributed by atoms with Gasteiger partial charge in [0.2, 0.25) is 0 Å². The Labute approximate surface area is 378 Å². The second kappa shape index (κ2) is 23.2. The summed E-state index contributed by atoms with van der Waals surface area (Å²) in [5.74, 6) is -5.46. The van der Waals surface area contributed by atoms with Crippen LogP contribution in [-0.4, -0.2) is 96.7 Å². The zero-order valence-corrected chi connectivity index (χ0v) is 35.4. The van der Waals surface area contributed by atoms with Crippen LogP contribution in [0.15, 0.2) is 97.1 Å². The molecule has 0 amide bonds. The lowest BCUT2D eigenvalue weighted by Crippen LogP contribution is -2.21. The van der Waals surface area contributed by atoms with Crippen LogP contribution in [0, 0.1) is 57.7 Å². The number of nitrogens with zero attached hydrogens (tertiary/aromatic N) is 3. The van der Waals surface area contributed by atoms with Crippen molar-refractivity contribution in [3.05, 3.63) is 142 Å². The number of hydrogen-bond donors (Lipinski definition) is 8. The van der Waals surface area contributed by atoms with Gasteiger partial charge in [-0.15, -0.1) is 0 Å². The van der Waals surface area contributed by atoms with E-state index in [2.05, 4.69) is 33.4 Å². The summed E-state index contributed by atoms with van der Waals surface area (Å²) >= 11 is 0. The molecule has 0 aliphatic carbocycles. The Morgan fingerprint density at radius 2 is 0.879 bits per heavy atom. The number of aliphatic carboxylic acids is 4. The largest absolute Gasteiger partial charge is 0.481 e. The van der Waals surface area contributed by atoms with Gasteiger partial charge in [-0.1, -0.05) is 54.6 Å². The first-order valence-electron chi connectivity index (χ1n) is 21.0. The van der Waals surface area contributed by atoms with Gasteiger partial charge in [-0.3, -0.25) is 19.2 Å². The van der Waals surface area contributed by atoms with Crippen LogP contribution in [0.1, 0.15) is 68.2 Å². The minimum Gasteiger partial charge on any atom is -0.481 e. The highest BCUT2D eigenvalue weighted by Crippen LogP contribution is 2.34. The molecule has 66 heavy (non-hydrogen) atoms. The molecule has 4 aliphatic rings. The topological polar surface area (TPSA) is 269 Å². The molecule has 344 valence electrons. The second-order valence-electron chi connectivity index (χ2n) is 16.1. The van der Waals surface area contributed by atoms with E-state index in [1.807, 2.05) is 36.4 Å². The van der Waals surface area contributed by atoms with Crippen molar-refractivity contribution in [3.8, 4) is 18.2 Å². The van der Waals surface area contributed by atoms with Crippen LogP contribution in [-0.2, 0) is 25.4 Å². The Morgan fingerprint density at radius 1 is 0.470 bits per heavy atom. The van der Waals surface area contributed by atoms with Crippen molar-refractivity contribution in [1.29, 1.82) is 15.8 Å². The monoisotopic (exact) mass is 907 g/mol. The lowest BCUT2D eigenvalue weighted by atomic mass is 9.86. The van der Waals surface area contributed by atoms with Crippen LogP contribution in [0.4, 0.5) is 13.2 Å². The van der Waals surface area contributed by atoms with E-state index in [-0.39, 0.29) is 29.6 Å². The van der Waals surface area contributed by atoms with E-state index in [1.54, 1.807) is 42.5 Å². The average Bonchev–Trinajstić information content (AvgIpc) is 4.17. The third-order valence-corrected chi connectivity index (χ3v) is 12.2. The SMILES string of the molecule is N#Cc1ccc(C2CNCC2C(=O)O)cc1.N#Cc1cccc(C2CNCC2C(=O)O)c1.N#Cc1ccccc1C1CNCC1C(=O)O.O=C(O)C1CNCC1c1ccc(C(F)(F)F)cc1. The molecule has 15 nitrogen and oxygen atoms in total. The highest BCUT2D eigenvalue weighted by atomic mass is 19.4. The first kappa shape index (κ1) is 49.9. The van der Waals surface area contributed by atoms with Crippen molar-refractivity contribution in [2.24, 2.45) is 23.7 Å². The molecule has 8 rings (SSSR count). The number of nitriles is 3. The number of carboxylic acid groups (broad SMARTS) is 4. The maximum atomic E-state index is 12.4. The van der Waals surface area contributed by atoms with E-state index < -0.39 is 53.4 Å². The van der Waals surface area contributed by atoms with Gasteiger partial charge in [-0.2, -0.15) is 29.0 Å². The van der Waals surface area contributed by atoms with Crippen molar-refractivity contribution >= 4 is 23.9 Å². The smallest absolute Gasteiger partial charge is 0.416 e. The zero-order valence-electron chi connectivity index (χ0n) is 35.4. The predicted molar refractivity (Wildman–Crippen MR) is 232 cm³/mol. The fraction of sp³-hybridized carbons (Fsp3) is 0.354. The molecule has 4 heterocycles. The molecular formula is C48H48F3N7O8. The van der Waals surface area contributed by atoms with Crippen molar-refractivity contribution < 1.29 is 52.8 Å². The van der Waals surface area contributed by atoms with Crippen LogP contribution < -0.4 is 21.3 Å². The molecule has 8 N–H and O–H groups in total. The Balaban J connectivity index is 0.000000165. The molecule has 4 fully saturated rings. The fourth-order valence-corrected chi connectivity index (χ4v) is 8.62. The Kier molecular flexibility index (Phi) is 17.5. The Hall–Kier alpha value is -7.14. The molecule has 4 aromatic rings. The third-order valence-electron chi connectivity index (χ3n) is 12.2. The Morgan fingerprint density at radius 3 is 1.30 bits per heavy atom. The number of rotatable bonds is 8. The minimum atomic E-state index is -4.36. The molecule has 8 atom stereocenters. The molecule has 8 unspecified atom stereocenters. The molecule has 0 saturated carbocycles. The second-order valence-corrected chi connectivity index (χ2v) is 16.1. The van der Waals surface area contributed by atoms with Gasteiger partial charge in [-0.25, -0.2) is 0 Å². The van der Waals surface area contributed by atoms with Crippen molar-refractivity contribution in [2.45, 2.75) is 29.8 Å². The molecule has 0 spiro atoms. The summed E-state index contributed by atoms with van der Waals surface area (Å²) in [6.07, 6.45) is -4.36. The van der Waals surface area contributed by atoms with Gasteiger partial charge in [0.05, 0.1) is 64.1 Å². The van der Waals surface area contributed by atoms with Crippen molar-refractivity contribution in [1.82, 2.24) is 21.3 Å². The number of carbonyl (C=O) groups is 4. The molecule has 4 aliphatic heterocycles. The lowest BCUT2D eigenvalue weighted by Gasteiger charge is -2.16. The zero-order chi connectivity index (χ0) is 48.0. The van der Waals surface area contributed by atoms with Gasteiger partial charge in [0.1, 0.15) is 0 Å². The fourth-order valence-electron chi connectivity index (χ4n) is 8.62. The summed E-state index contributed by atoms with van der Waals surface area (Å²) in [5.41, 5.74) is 4.40. The molecular weight excluding hydrogens is 860 g/mol. The van der Waals surface area contributed by atoms with Crippen LogP contribution in [0.5, 0.6) is 0 Å². The number of hydrogen-bond acceptors (Lipinski definition) is 11. The van der Waals surface area contributed by atoms with Crippen molar-refractivity contribution in [2.75, 3.05) is 52.4 Å². The van der Waals surface area contributed by atoms with E-state index in [1.165, 1.54) is 12.1 Å². The van der Waals surface area contributed by atoms with E-state index in [0.717, 1.165) is 28.8 Å². The summed E-state index contributed by atoms with van der Waals surface area (Å²) in [4.78, 5) is 44.1. The maximum Gasteiger partial charge on any atom is 0.416 e. The maximum absolute atomic E-state index is 12.4. The molecule has 4 aromatic carbocycles. The summed E-state index contributed by atoms with van der Waals surface area (Å²) in [5, 5.41) is 74.8. The van der Waals surface area contributed by atoms with Gasteiger partial charge < -0.3 is 41.7 Å². The summed E-state index contributed by atoms with van der Waals surface area (Å²) < 4.78 is 37.2. The van der Waals surface area contributed by atoms with E-state index >= 15 is 0 Å². The minimum absolute atomic E-state index is 0.00485. The highest BCUT2D eigenvalue weighted by Gasteiger charge is 2.37. The number of benzene rings is 4. The third kappa shape index (κ3) is 12.8. The number of carboxylic acids is 4. The molecule has 18 heteroatoms. The quantitative estimate of drug-likeness (QED) is 0.117. The van der Waals surface area contributed by atoms with E-state index in [0.29, 0.717) is 74.6 Å². The van der Waals surface area contributed by atoms with E-state index in [9.17, 15) is 32.3 Å². The number of halogens is 3. The van der Waals surface area contributed by atoms with Gasteiger partial charge >= 0.3 is 30.1 Å². The van der Waals surface area contributed by atoms with Gasteiger partial charge in [0.15, 0.2) is 0 Å². The Bertz CT molecular complexity index is 2470. The van der Waals surface area contributed by atoms with Crippen molar-refractivity contribution in [3.63, 3.8) is 0 Å². The van der Waals surface area contributed by atoms with Crippen LogP contribution in [0.2, 0.25) is 0 Å². The predicted octanol–water partition coefficient (Wildman–Crippen LogP) is 4.93. The standard InChI is InChI=1S/C12H12F3NO2.3C12H12N2O2/c13-12(14,15)8-3-1-7(2-4-8)9-5-16-6-10(9)11(17)18;13-5-8-1-3-9(4-2-8)10-6-14-7-11(10)12(15)16;13-5-8-2-1-3-9(4-8)10-6-14-7-11(10)12(15)16;13-5-8-3-1-2-4-9(8)10-6-14-7-11(10)12(15)16/h1-4,9-10,16H,5-6H2,(H,17,18);3*1-4,10-11,14H,6-7H2,(H,15,16). The molecule has 4 saturated heterocycles. The normalized spacial score (nSPS) is 24.0. The van der Waals surface area contributed by atoms with Crippen LogP contribution in [0.25, 0.3) is 0 Å². The van der Waals surface area contributed by atoms with Crippen LogP contribution >= 0.6 is 0 Å². The highest BCUT2D eigenvalue weighted by molar-refractivity contribution is 5.74. The van der Waals surface area contributed by atoms with Gasteiger partial charge in [0, 0.05) is 76.0 Å². The van der Waals surface area contributed by atoms with Gasteiger partial charge in [-0.05, 0) is 64.7 Å². The summed E-state index contributed by atoms with van der Waals surface area (Å²) in [7, 11) is 0. The first-order chi connectivity index (χ1) is 31.6. The number of nitrogens with one attached hydrogen (secondary N) is 4. The average molecular weight is 908 g/mol. The molecule has 0 aromatic heterocycles. The molecule has 0 radical (unpaired) electrons.